The maximum Gasteiger partial charge on any atom is 0.264 e. The molecule has 0 unspecified atom stereocenters. The lowest BCUT2D eigenvalue weighted by atomic mass is 10.1. The SMILES string of the molecule is CC[C@@H](C(=O)NC(C)(C)C)N(Cc1c(Cl)cccc1Cl)C(=O)CN(c1ccc(Cl)cc1)S(=O)(=O)c1ccc(OC)c(OC)c1. The van der Waals surface area contributed by atoms with Crippen LogP contribution >= 0.6 is 34.8 Å². The molecule has 0 saturated heterocycles. The van der Waals surface area contributed by atoms with Crippen LogP contribution in [0.4, 0.5) is 5.69 Å². The molecule has 0 radical (unpaired) electrons. The Labute approximate surface area is 274 Å². The normalized spacial score (nSPS) is 12.3. The van der Waals surface area contributed by atoms with Crippen molar-refractivity contribution in [1.29, 1.82) is 0 Å². The monoisotopic (exact) mass is 683 g/mol. The van der Waals surface area contributed by atoms with Crippen molar-refractivity contribution in [2.75, 3.05) is 25.1 Å². The zero-order valence-electron chi connectivity index (χ0n) is 25.4. The predicted molar refractivity (Wildman–Crippen MR) is 175 cm³/mol. The van der Waals surface area contributed by atoms with Gasteiger partial charge in [0, 0.05) is 38.8 Å². The van der Waals surface area contributed by atoms with Gasteiger partial charge in [-0.2, -0.15) is 0 Å². The van der Waals surface area contributed by atoms with Crippen LogP contribution in [0.25, 0.3) is 0 Å². The van der Waals surface area contributed by atoms with E-state index in [9.17, 15) is 18.0 Å². The third kappa shape index (κ3) is 8.50. The maximum absolute atomic E-state index is 14.3. The van der Waals surface area contributed by atoms with Gasteiger partial charge in [0.25, 0.3) is 10.0 Å². The molecule has 0 fully saturated rings. The molecule has 0 aliphatic heterocycles. The van der Waals surface area contributed by atoms with Crippen molar-refractivity contribution in [3.05, 3.63) is 81.3 Å². The number of methoxy groups -OCH3 is 2. The summed E-state index contributed by atoms with van der Waals surface area (Å²) in [6, 6.07) is 14.1. The molecular weight excluding hydrogens is 649 g/mol. The fourth-order valence-corrected chi connectivity index (χ4v) is 6.54. The van der Waals surface area contributed by atoms with Crippen molar-refractivity contribution in [3.63, 3.8) is 0 Å². The van der Waals surface area contributed by atoms with Crippen LogP contribution in [0.1, 0.15) is 39.7 Å². The summed E-state index contributed by atoms with van der Waals surface area (Å²) in [6.45, 7) is 6.45. The smallest absolute Gasteiger partial charge is 0.264 e. The lowest BCUT2D eigenvalue weighted by Gasteiger charge is -2.35. The lowest BCUT2D eigenvalue weighted by Crippen LogP contribution is -2.55. The molecule has 0 aromatic heterocycles. The Kier molecular flexibility index (Phi) is 11.8. The molecular formula is C31H36Cl3N3O6S. The first-order chi connectivity index (χ1) is 20.6. The molecule has 0 bridgehead atoms. The highest BCUT2D eigenvalue weighted by Crippen LogP contribution is 2.33. The number of benzene rings is 3. The molecule has 0 spiro atoms. The second-order valence-corrected chi connectivity index (χ2v) is 14.0. The average molecular weight is 685 g/mol. The second-order valence-electron chi connectivity index (χ2n) is 10.9. The van der Waals surface area contributed by atoms with Gasteiger partial charge in [-0.25, -0.2) is 8.42 Å². The molecule has 2 amide bonds. The van der Waals surface area contributed by atoms with Crippen LogP contribution in [0.2, 0.25) is 15.1 Å². The summed E-state index contributed by atoms with van der Waals surface area (Å²) in [4.78, 5) is 28.9. The summed E-state index contributed by atoms with van der Waals surface area (Å²) < 4.78 is 39.9. The summed E-state index contributed by atoms with van der Waals surface area (Å²) in [5, 5.41) is 3.90. The van der Waals surface area contributed by atoms with E-state index in [0.717, 1.165) is 4.31 Å². The molecule has 0 saturated carbocycles. The Morgan fingerprint density at radius 1 is 0.909 bits per heavy atom. The van der Waals surface area contributed by atoms with Gasteiger partial charge in [-0.05, 0) is 75.7 Å². The van der Waals surface area contributed by atoms with E-state index >= 15 is 0 Å². The van der Waals surface area contributed by atoms with Gasteiger partial charge in [0.05, 0.1) is 24.8 Å². The van der Waals surface area contributed by atoms with Crippen LogP contribution in [0.5, 0.6) is 11.5 Å². The third-order valence-corrected chi connectivity index (χ3v) is 9.34. The number of halogens is 3. The first-order valence-electron chi connectivity index (χ1n) is 13.7. The minimum Gasteiger partial charge on any atom is -0.493 e. The number of rotatable bonds is 12. The number of carbonyl (C=O) groups is 2. The van der Waals surface area contributed by atoms with Crippen molar-refractivity contribution in [2.45, 2.75) is 57.1 Å². The number of hydrogen-bond donors (Lipinski definition) is 1. The lowest BCUT2D eigenvalue weighted by molar-refractivity contribution is -0.141. The predicted octanol–water partition coefficient (Wildman–Crippen LogP) is 6.58. The van der Waals surface area contributed by atoms with Crippen LogP contribution in [0, 0.1) is 0 Å². The summed E-state index contributed by atoms with van der Waals surface area (Å²) in [6.07, 6.45) is 0.235. The van der Waals surface area contributed by atoms with Crippen LogP contribution in [-0.2, 0) is 26.2 Å². The molecule has 3 aromatic rings. The number of amides is 2. The fourth-order valence-electron chi connectivity index (χ4n) is 4.47. The molecule has 1 atom stereocenters. The van der Waals surface area contributed by atoms with E-state index in [1.165, 1.54) is 61.6 Å². The molecule has 0 heterocycles. The highest BCUT2D eigenvalue weighted by Gasteiger charge is 2.35. The Balaban J connectivity index is 2.15. The molecule has 3 rings (SSSR count). The highest BCUT2D eigenvalue weighted by atomic mass is 35.5. The Bertz CT molecular complexity index is 1570. The van der Waals surface area contributed by atoms with Crippen molar-refractivity contribution < 1.29 is 27.5 Å². The summed E-state index contributed by atoms with van der Waals surface area (Å²) >= 11 is 19.0. The van der Waals surface area contributed by atoms with Gasteiger partial charge in [0.1, 0.15) is 12.6 Å². The number of hydrogen-bond acceptors (Lipinski definition) is 6. The Morgan fingerprint density at radius 2 is 1.50 bits per heavy atom. The van der Waals surface area contributed by atoms with Crippen LogP contribution in [0.15, 0.2) is 65.6 Å². The quantitative estimate of drug-likeness (QED) is 0.231. The van der Waals surface area contributed by atoms with Crippen LogP contribution in [0.3, 0.4) is 0 Å². The number of ether oxygens (including phenoxy) is 2. The largest absolute Gasteiger partial charge is 0.493 e. The minimum atomic E-state index is -4.37. The summed E-state index contributed by atoms with van der Waals surface area (Å²) in [5.74, 6) is -0.539. The van der Waals surface area contributed by atoms with E-state index in [0.29, 0.717) is 26.4 Å². The molecule has 0 aliphatic rings. The van der Waals surface area contributed by atoms with Gasteiger partial charge in [-0.1, -0.05) is 47.8 Å². The van der Waals surface area contributed by atoms with Gasteiger partial charge in [-0.3, -0.25) is 13.9 Å². The van der Waals surface area contributed by atoms with E-state index in [2.05, 4.69) is 5.32 Å². The summed E-state index contributed by atoms with van der Waals surface area (Å²) in [7, 11) is -1.55. The average Bonchev–Trinajstić information content (AvgIpc) is 2.96. The number of nitrogens with one attached hydrogen (secondary N) is 1. The topological polar surface area (TPSA) is 105 Å². The summed E-state index contributed by atoms with van der Waals surface area (Å²) in [5.41, 5.74) is 0.0142. The Hall–Kier alpha value is -3.18. The number of sulfonamides is 1. The molecule has 0 aliphatic carbocycles. The molecule has 238 valence electrons. The number of anilines is 1. The molecule has 1 N–H and O–H groups in total. The van der Waals surface area contributed by atoms with Gasteiger partial charge in [-0.15, -0.1) is 0 Å². The minimum absolute atomic E-state index is 0.141. The van der Waals surface area contributed by atoms with Gasteiger partial charge in [0.2, 0.25) is 11.8 Å². The zero-order valence-corrected chi connectivity index (χ0v) is 28.4. The van der Waals surface area contributed by atoms with Crippen molar-refractivity contribution in [2.24, 2.45) is 0 Å². The van der Waals surface area contributed by atoms with E-state index in [1.54, 1.807) is 25.1 Å². The first-order valence-corrected chi connectivity index (χ1v) is 16.2. The van der Waals surface area contributed by atoms with Gasteiger partial charge in [0.15, 0.2) is 11.5 Å². The maximum atomic E-state index is 14.3. The van der Waals surface area contributed by atoms with Crippen molar-refractivity contribution >= 4 is 62.3 Å². The van der Waals surface area contributed by atoms with Gasteiger partial charge < -0.3 is 19.7 Å². The fraction of sp³-hybridized carbons (Fsp3) is 0.355. The molecule has 13 heteroatoms. The second kappa shape index (κ2) is 14.7. The first kappa shape index (κ1) is 35.3. The molecule has 3 aromatic carbocycles. The van der Waals surface area contributed by atoms with Crippen molar-refractivity contribution in [1.82, 2.24) is 10.2 Å². The number of nitrogens with zero attached hydrogens (tertiary/aromatic N) is 2. The van der Waals surface area contributed by atoms with Crippen LogP contribution < -0.4 is 19.1 Å². The van der Waals surface area contributed by atoms with E-state index in [4.69, 9.17) is 44.3 Å². The standard InChI is InChI=1S/C31H36Cl3N3O6S/c1-7-26(30(39)35-31(2,3)4)36(18-23-24(33)9-8-10-25(23)34)29(38)19-37(21-13-11-20(32)12-14-21)44(40,41)22-15-16-27(42-5)28(17-22)43-6/h8-17,26H,7,18-19H2,1-6H3,(H,35,39)/t26-/m0/s1. The highest BCUT2D eigenvalue weighted by molar-refractivity contribution is 7.92. The van der Waals surface area contributed by atoms with E-state index < -0.39 is 40.0 Å². The van der Waals surface area contributed by atoms with E-state index in [1.807, 2.05) is 20.8 Å². The van der Waals surface area contributed by atoms with Gasteiger partial charge >= 0.3 is 0 Å². The van der Waals surface area contributed by atoms with Crippen LogP contribution in [-0.4, -0.2) is 57.5 Å². The molecule has 44 heavy (non-hydrogen) atoms. The zero-order chi connectivity index (χ0) is 32.8. The molecule has 9 nitrogen and oxygen atoms in total. The number of carbonyl (C=O) groups excluding carboxylic acids is 2. The van der Waals surface area contributed by atoms with Crippen molar-refractivity contribution in [3.8, 4) is 11.5 Å². The third-order valence-electron chi connectivity index (χ3n) is 6.61. The Morgan fingerprint density at radius 3 is 2.02 bits per heavy atom. The van der Waals surface area contributed by atoms with E-state index in [-0.39, 0.29) is 29.3 Å².